The van der Waals surface area contributed by atoms with Gasteiger partial charge in [-0.3, -0.25) is 0 Å². The molecule has 2 rings (SSSR count). The normalized spacial score (nSPS) is 22.0. The summed E-state index contributed by atoms with van der Waals surface area (Å²) in [6, 6.07) is 1.69. The number of nitrogens with zero attached hydrogens (tertiary/aromatic N) is 4. The Hall–Kier alpha value is -0.160. The third-order valence-corrected chi connectivity index (χ3v) is 6.07. The average molecular weight is 341 g/mol. The van der Waals surface area contributed by atoms with Crippen molar-refractivity contribution in [2.24, 2.45) is 0 Å². The van der Waals surface area contributed by atoms with Crippen molar-refractivity contribution in [3.05, 3.63) is 0 Å². The van der Waals surface area contributed by atoms with E-state index in [-0.39, 0.29) is 0 Å². The van der Waals surface area contributed by atoms with Gasteiger partial charge in [0, 0.05) is 12.1 Å². The predicted molar refractivity (Wildman–Crippen MR) is 107 cm³/mol. The van der Waals surface area contributed by atoms with E-state index in [1.165, 1.54) is 78.0 Å². The Labute approximate surface area is 152 Å². The molecule has 0 saturated carbocycles. The molecule has 0 amide bonds. The monoisotopic (exact) mass is 340 g/mol. The van der Waals surface area contributed by atoms with E-state index in [1.54, 1.807) is 0 Å². The molecule has 0 aliphatic carbocycles. The van der Waals surface area contributed by atoms with Gasteiger partial charge in [0.25, 0.3) is 0 Å². The summed E-state index contributed by atoms with van der Waals surface area (Å²) in [6.45, 7) is 19.1. The number of hydrogen-bond acceptors (Lipinski definition) is 4. The summed E-state index contributed by atoms with van der Waals surface area (Å²) in [6.07, 6.45) is 5.44. The van der Waals surface area contributed by atoms with Gasteiger partial charge in [0.1, 0.15) is 0 Å². The second kappa shape index (κ2) is 12.2. The average Bonchev–Trinajstić information content (AvgIpc) is 2.64. The minimum Gasteiger partial charge on any atom is -0.306 e. The van der Waals surface area contributed by atoms with Crippen LogP contribution in [0.25, 0.3) is 0 Å². The number of rotatable bonds is 6. The molecule has 0 spiro atoms. The van der Waals surface area contributed by atoms with E-state index in [9.17, 15) is 0 Å². The zero-order valence-corrected chi connectivity index (χ0v) is 17.4. The fourth-order valence-electron chi connectivity index (χ4n) is 4.09. The van der Waals surface area contributed by atoms with E-state index in [1.807, 2.05) is 0 Å². The Balaban J connectivity index is 0.000000243. The largest absolute Gasteiger partial charge is 0.306 e. The molecule has 2 aliphatic heterocycles. The summed E-state index contributed by atoms with van der Waals surface area (Å²) in [5.41, 5.74) is 0. The van der Waals surface area contributed by atoms with Crippen LogP contribution in [0, 0.1) is 0 Å². The van der Waals surface area contributed by atoms with Crippen LogP contribution in [0.5, 0.6) is 0 Å². The topological polar surface area (TPSA) is 13.0 Å². The quantitative estimate of drug-likeness (QED) is 0.737. The smallest absolute Gasteiger partial charge is 0.0119 e. The van der Waals surface area contributed by atoms with Crippen molar-refractivity contribution < 1.29 is 0 Å². The van der Waals surface area contributed by atoms with Crippen LogP contribution in [-0.4, -0.2) is 98.1 Å². The van der Waals surface area contributed by atoms with Crippen LogP contribution in [-0.2, 0) is 0 Å². The van der Waals surface area contributed by atoms with Gasteiger partial charge in [-0.1, -0.05) is 27.7 Å². The third kappa shape index (κ3) is 7.38. The lowest BCUT2D eigenvalue weighted by Gasteiger charge is -2.37. The lowest BCUT2D eigenvalue weighted by molar-refractivity contribution is 0.120. The molecule has 2 aliphatic rings. The van der Waals surface area contributed by atoms with E-state index < -0.39 is 0 Å². The van der Waals surface area contributed by atoms with Crippen LogP contribution in [0.4, 0.5) is 0 Å². The van der Waals surface area contributed by atoms with Gasteiger partial charge in [-0.2, -0.15) is 0 Å². The van der Waals surface area contributed by atoms with Gasteiger partial charge in [0.2, 0.25) is 0 Å². The van der Waals surface area contributed by atoms with E-state index in [0.717, 1.165) is 12.1 Å². The highest BCUT2D eigenvalue weighted by Gasteiger charge is 2.21. The fraction of sp³-hybridized carbons (Fsp3) is 1.00. The highest BCUT2D eigenvalue weighted by Crippen LogP contribution is 2.15. The maximum Gasteiger partial charge on any atom is 0.0119 e. The summed E-state index contributed by atoms with van der Waals surface area (Å²) in [7, 11) is 4.37. The number of hydrogen-bond donors (Lipinski definition) is 0. The molecule has 0 aromatic rings. The standard InChI is InChI=1S/C11H24N2.C9H20N2/c1-4-12-9-7-11(8-10-12)13(5-2)6-3;1-4-11-7-5-9(6-8-11)10(2)3/h11H,4-10H2,1-3H3;9H,4-8H2,1-3H3. The van der Waals surface area contributed by atoms with E-state index in [4.69, 9.17) is 0 Å². The van der Waals surface area contributed by atoms with Crippen molar-refractivity contribution >= 4 is 0 Å². The van der Waals surface area contributed by atoms with Crippen LogP contribution in [0.2, 0.25) is 0 Å². The third-order valence-electron chi connectivity index (χ3n) is 6.07. The van der Waals surface area contributed by atoms with Gasteiger partial charge in [-0.05, 0) is 92.1 Å². The highest BCUT2D eigenvalue weighted by molar-refractivity contribution is 4.78. The molecule has 4 heteroatoms. The van der Waals surface area contributed by atoms with Crippen LogP contribution in [0.15, 0.2) is 0 Å². The van der Waals surface area contributed by atoms with Crippen molar-refractivity contribution in [3.8, 4) is 0 Å². The van der Waals surface area contributed by atoms with Crippen molar-refractivity contribution in [2.45, 2.75) is 65.5 Å². The Bertz CT molecular complexity index is 288. The van der Waals surface area contributed by atoms with E-state index in [0.29, 0.717) is 0 Å². The van der Waals surface area contributed by atoms with Gasteiger partial charge in [-0.15, -0.1) is 0 Å². The van der Waals surface area contributed by atoms with Crippen molar-refractivity contribution in [3.63, 3.8) is 0 Å². The first-order chi connectivity index (χ1) is 11.5. The Morgan fingerprint density at radius 3 is 1.33 bits per heavy atom. The second-order valence-corrected chi connectivity index (χ2v) is 7.52. The molecule has 2 saturated heterocycles. The molecular weight excluding hydrogens is 296 g/mol. The number of piperidine rings is 2. The minimum absolute atomic E-state index is 0.831. The van der Waals surface area contributed by atoms with E-state index in [2.05, 4.69) is 61.4 Å². The summed E-state index contributed by atoms with van der Waals surface area (Å²) in [5.74, 6) is 0. The van der Waals surface area contributed by atoms with E-state index >= 15 is 0 Å². The zero-order chi connectivity index (χ0) is 17.9. The predicted octanol–water partition coefficient (Wildman–Crippen LogP) is 2.84. The van der Waals surface area contributed by atoms with Crippen molar-refractivity contribution in [1.29, 1.82) is 0 Å². The first-order valence-electron chi connectivity index (χ1n) is 10.4. The summed E-state index contributed by atoms with van der Waals surface area (Å²) >= 11 is 0. The Kier molecular flexibility index (Phi) is 11.2. The molecule has 2 fully saturated rings. The lowest BCUT2D eigenvalue weighted by Crippen LogP contribution is -2.44. The van der Waals surface area contributed by atoms with Gasteiger partial charge in [0.05, 0.1) is 0 Å². The fourth-order valence-corrected chi connectivity index (χ4v) is 4.09. The minimum atomic E-state index is 0.831. The van der Waals surface area contributed by atoms with Crippen LogP contribution >= 0.6 is 0 Å². The molecule has 144 valence electrons. The molecule has 0 bridgehead atoms. The zero-order valence-electron chi connectivity index (χ0n) is 17.4. The van der Waals surface area contributed by atoms with Crippen LogP contribution < -0.4 is 0 Å². The first kappa shape index (κ1) is 21.9. The molecule has 2 heterocycles. The molecule has 0 N–H and O–H groups in total. The summed E-state index contributed by atoms with van der Waals surface area (Å²) < 4.78 is 0. The number of likely N-dealkylation sites (tertiary alicyclic amines) is 2. The van der Waals surface area contributed by atoms with Gasteiger partial charge in [-0.25, -0.2) is 0 Å². The molecule has 0 aromatic carbocycles. The molecular formula is C20H44N4. The van der Waals surface area contributed by atoms with Gasteiger partial charge >= 0.3 is 0 Å². The maximum absolute atomic E-state index is 2.60. The molecule has 24 heavy (non-hydrogen) atoms. The Morgan fingerprint density at radius 1 is 0.667 bits per heavy atom. The SMILES string of the molecule is CCN1CCC(N(C)C)CC1.CCN1CCC(N(CC)CC)CC1. The van der Waals surface area contributed by atoms with Crippen LogP contribution in [0.3, 0.4) is 0 Å². The molecule has 0 unspecified atom stereocenters. The summed E-state index contributed by atoms with van der Waals surface area (Å²) in [5, 5.41) is 0. The van der Waals surface area contributed by atoms with Gasteiger partial charge < -0.3 is 19.6 Å². The van der Waals surface area contributed by atoms with Crippen LogP contribution in [0.1, 0.15) is 53.4 Å². The Morgan fingerprint density at radius 2 is 1.04 bits per heavy atom. The molecule has 0 aromatic heterocycles. The van der Waals surface area contributed by atoms with Crippen molar-refractivity contribution in [1.82, 2.24) is 19.6 Å². The first-order valence-corrected chi connectivity index (χ1v) is 10.4. The molecule has 4 nitrogen and oxygen atoms in total. The molecule has 0 atom stereocenters. The summed E-state index contributed by atoms with van der Waals surface area (Å²) in [4.78, 5) is 10.0. The van der Waals surface area contributed by atoms with Crippen molar-refractivity contribution in [2.75, 3.05) is 66.5 Å². The maximum atomic E-state index is 2.60. The second-order valence-electron chi connectivity index (χ2n) is 7.52. The highest BCUT2D eigenvalue weighted by atomic mass is 15.2. The lowest BCUT2D eigenvalue weighted by atomic mass is 10.0. The van der Waals surface area contributed by atoms with Gasteiger partial charge in [0.15, 0.2) is 0 Å². The molecule has 0 radical (unpaired) electrons.